The largest absolute Gasteiger partial charge is 0.462 e. The van der Waals surface area contributed by atoms with E-state index < -0.39 is 5.97 Å². The van der Waals surface area contributed by atoms with Crippen LogP contribution < -0.4 is 10.6 Å². The van der Waals surface area contributed by atoms with E-state index in [1.54, 1.807) is 26.0 Å². The van der Waals surface area contributed by atoms with Crippen molar-refractivity contribution in [1.82, 2.24) is 0 Å². The Bertz CT molecular complexity index is 1050. The first-order valence-corrected chi connectivity index (χ1v) is 10.3. The Balaban J connectivity index is 1.93. The van der Waals surface area contributed by atoms with E-state index in [1.165, 1.54) is 17.4 Å². The first kappa shape index (κ1) is 21.0. The van der Waals surface area contributed by atoms with Gasteiger partial charge in [-0.25, -0.2) is 9.18 Å². The molecule has 150 valence electrons. The fraction of sp³-hybridized carbons (Fsp3) is 0.182. The second-order valence-corrected chi connectivity index (χ2v) is 8.00. The number of benzene rings is 2. The highest BCUT2D eigenvalue weighted by Gasteiger charge is 2.24. The Morgan fingerprint density at radius 1 is 1.14 bits per heavy atom. The molecule has 0 atom stereocenters. The molecule has 4 nitrogen and oxygen atoms in total. The quantitative estimate of drug-likeness (QED) is 0.377. The molecule has 0 bridgehead atoms. The highest BCUT2D eigenvalue weighted by Crippen LogP contribution is 2.40. The maximum Gasteiger partial charge on any atom is 0.341 e. The van der Waals surface area contributed by atoms with Gasteiger partial charge in [0.2, 0.25) is 0 Å². The van der Waals surface area contributed by atoms with Gasteiger partial charge in [0.1, 0.15) is 16.4 Å². The number of hydrogen-bond donors (Lipinski definition) is 2. The molecule has 3 rings (SSSR count). The molecule has 1 heterocycles. The lowest BCUT2D eigenvalue weighted by Crippen LogP contribution is -2.20. The summed E-state index contributed by atoms with van der Waals surface area (Å²) in [6.07, 6.45) is 0. The second-order valence-electron chi connectivity index (χ2n) is 6.37. The Morgan fingerprint density at radius 3 is 2.52 bits per heavy atom. The lowest BCUT2D eigenvalue weighted by atomic mass is 10.0. The molecule has 0 amide bonds. The van der Waals surface area contributed by atoms with Gasteiger partial charge in [-0.1, -0.05) is 36.4 Å². The minimum absolute atomic E-state index is 0.264. The van der Waals surface area contributed by atoms with Gasteiger partial charge >= 0.3 is 5.97 Å². The van der Waals surface area contributed by atoms with Crippen molar-refractivity contribution in [1.29, 1.82) is 0 Å². The van der Waals surface area contributed by atoms with Crippen molar-refractivity contribution in [2.45, 2.75) is 20.8 Å². The summed E-state index contributed by atoms with van der Waals surface area (Å²) < 4.78 is 19.1. The first-order chi connectivity index (χ1) is 13.9. The third-order valence-electron chi connectivity index (χ3n) is 4.28. The van der Waals surface area contributed by atoms with Gasteiger partial charge in [-0.2, -0.15) is 0 Å². The van der Waals surface area contributed by atoms with Gasteiger partial charge in [0.25, 0.3) is 0 Å². The van der Waals surface area contributed by atoms with Gasteiger partial charge in [-0.3, -0.25) is 0 Å². The average Bonchev–Trinajstić information content (AvgIpc) is 3.01. The minimum Gasteiger partial charge on any atom is -0.462 e. The van der Waals surface area contributed by atoms with Crippen molar-refractivity contribution in [3.05, 3.63) is 70.4 Å². The van der Waals surface area contributed by atoms with Crippen molar-refractivity contribution in [2.75, 3.05) is 17.2 Å². The molecule has 29 heavy (non-hydrogen) atoms. The summed E-state index contributed by atoms with van der Waals surface area (Å²) in [5, 5.41) is 6.89. The molecule has 0 radical (unpaired) electrons. The van der Waals surface area contributed by atoms with E-state index in [2.05, 4.69) is 10.6 Å². The van der Waals surface area contributed by atoms with Gasteiger partial charge in [-0.05, 0) is 56.2 Å². The van der Waals surface area contributed by atoms with Crippen LogP contribution in [0.1, 0.15) is 27.7 Å². The molecule has 0 saturated heterocycles. The first-order valence-electron chi connectivity index (χ1n) is 9.10. The smallest absolute Gasteiger partial charge is 0.341 e. The van der Waals surface area contributed by atoms with Gasteiger partial charge in [0.15, 0.2) is 5.11 Å². The summed E-state index contributed by atoms with van der Waals surface area (Å²) in [6, 6.07) is 14.5. The number of halogens is 1. The molecule has 0 aliphatic carbocycles. The normalized spacial score (nSPS) is 10.5. The minimum atomic E-state index is -0.414. The highest BCUT2D eigenvalue weighted by molar-refractivity contribution is 7.80. The molecule has 2 N–H and O–H groups in total. The van der Waals surface area contributed by atoms with Crippen LogP contribution in [0, 0.1) is 19.7 Å². The number of aryl methyl sites for hydroxylation is 2. The van der Waals surface area contributed by atoms with E-state index in [-0.39, 0.29) is 17.5 Å². The summed E-state index contributed by atoms with van der Waals surface area (Å²) in [4.78, 5) is 13.7. The van der Waals surface area contributed by atoms with Crippen LogP contribution in [0.15, 0.2) is 48.5 Å². The molecule has 0 unspecified atom stereocenters. The molecular weight excluding hydrogens is 407 g/mol. The van der Waals surface area contributed by atoms with Gasteiger partial charge in [0.05, 0.1) is 6.61 Å². The van der Waals surface area contributed by atoms with Crippen LogP contribution in [0.25, 0.3) is 11.1 Å². The van der Waals surface area contributed by atoms with Crippen molar-refractivity contribution in [3.63, 3.8) is 0 Å². The Morgan fingerprint density at radius 2 is 1.86 bits per heavy atom. The number of carbonyl (C=O) groups is 1. The fourth-order valence-electron chi connectivity index (χ4n) is 2.92. The monoisotopic (exact) mass is 428 g/mol. The maximum atomic E-state index is 13.8. The van der Waals surface area contributed by atoms with Crippen LogP contribution in [0.2, 0.25) is 0 Å². The van der Waals surface area contributed by atoms with Crippen molar-refractivity contribution < 1.29 is 13.9 Å². The predicted molar refractivity (Wildman–Crippen MR) is 121 cm³/mol. The van der Waals surface area contributed by atoms with Crippen molar-refractivity contribution >= 4 is 45.3 Å². The zero-order valence-electron chi connectivity index (χ0n) is 16.3. The van der Waals surface area contributed by atoms with Crippen LogP contribution in [0.3, 0.4) is 0 Å². The molecule has 0 spiro atoms. The number of thiophene rings is 1. The summed E-state index contributed by atoms with van der Waals surface area (Å²) in [7, 11) is 0. The fourth-order valence-corrected chi connectivity index (χ4v) is 4.27. The number of rotatable bonds is 5. The predicted octanol–water partition coefficient (Wildman–Crippen LogP) is 6.16. The number of carbonyl (C=O) groups excluding carboxylic acids is 1. The summed E-state index contributed by atoms with van der Waals surface area (Å²) in [5.41, 5.74) is 3.28. The van der Waals surface area contributed by atoms with E-state index >= 15 is 0 Å². The molecular formula is C22H21FN2O2S2. The summed E-state index contributed by atoms with van der Waals surface area (Å²) in [6.45, 7) is 5.69. The second kappa shape index (κ2) is 9.15. The third kappa shape index (κ3) is 4.81. The lowest BCUT2D eigenvalue weighted by Gasteiger charge is -2.12. The standard InChI is InChI=1S/C22H21FN2O2S2/c1-4-27-21(26)19-18(15-8-6-5-7-9-15)14(3)29-20(19)25-22(28)24-16-11-10-13(2)17(23)12-16/h5-12H,4H2,1-3H3,(H2,24,25,28). The zero-order valence-corrected chi connectivity index (χ0v) is 18.0. The van der Waals surface area contributed by atoms with Gasteiger partial charge in [0, 0.05) is 16.1 Å². The number of nitrogens with one attached hydrogen (secondary N) is 2. The van der Waals surface area contributed by atoms with Crippen molar-refractivity contribution in [3.8, 4) is 11.1 Å². The molecule has 3 aromatic rings. The van der Waals surface area contributed by atoms with E-state index in [9.17, 15) is 9.18 Å². The SMILES string of the molecule is CCOC(=O)c1c(NC(=S)Nc2ccc(C)c(F)c2)sc(C)c1-c1ccccc1. The summed E-state index contributed by atoms with van der Waals surface area (Å²) in [5.74, 6) is -0.731. The van der Waals surface area contributed by atoms with Gasteiger partial charge < -0.3 is 15.4 Å². The van der Waals surface area contributed by atoms with Crippen LogP contribution in [0.4, 0.5) is 15.1 Å². The van der Waals surface area contributed by atoms with E-state index in [0.29, 0.717) is 21.8 Å². The molecule has 0 fully saturated rings. The summed E-state index contributed by atoms with van der Waals surface area (Å²) >= 11 is 6.81. The lowest BCUT2D eigenvalue weighted by molar-refractivity contribution is 0.0529. The highest BCUT2D eigenvalue weighted by atomic mass is 32.1. The number of anilines is 2. The Kier molecular flexibility index (Phi) is 6.61. The number of ether oxygens (including phenoxy) is 1. The topological polar surface area (TPSA) is 50.4 Å². The van der Waals surface area contributed by atoms with E-state index in [1.807, 2.05) is 37.3 Å². The van der Waals surface area contributed by atoms with E-state index in [0.717, 1.165) is 16.0 Å². The zero-order chi connectivity index (χ0) is 21.0. The van der Waals surface area contributed by atoms with Crippen molar-refractivity contribution in [2.24, 2.45) is 0 Å². The Labute approximate surface area is 178 Å². The van der Waals surface area contributed by atoms with Crippen LogP contribution in [-0.4, -0.2) is 17.7 Å². The van der Waals surface area contributed by atoms with Gasteiger partial charge in [-0.15, -0.1) is 11.3 Å². The molecule has 0 saturated carbocycles. The van der Waals surface area contributed by atoms with Crippen LogP contribution >= 0.6 is 23.6 Å². The molecule has 0 aliphatic rings. The third-order valence-corrected chi connectivity index (χ3v) is 5.51. The number of hydrogen-bond acceptors (Lipinski definition) is 4. The molecule has 2 aromatic carbocycles. The molecule has 1 aromatic heterocycles. The Hall–Kier alpha value is -2.77. The van der Waals surface area contributed by atoms with Crippen LogP contribution in [0.5, 0.6) is 0 Å². The van der Waals surface area contributed by atoms with E-state index in [4.69, 9.17) is 17.0 Å². The number of esters is 1. The maximum absolute atomic E-state index is 13.8. The molecule has 7 heteroatoms. The average molecular weight is 429 g/mol. The van der Waals surface area contributed by atoms with Crippen LogP contribution in [-0.2, 0) is 4.74 Å². The number of thiocarbonyl (C=S) groups is 1. The molecule has 0 aliphatic heterocycles.